The third-order valence-electron chi connectivity index (χ3n) is 2.86. The topological polar surface area (TPSA) is 64.7 Å². The van der Waals surface area contributed by atoms with Crippen LogP contribution in [0.5, 0.6) is 0 Å². The molecule has 6 heteroatoms. The maximum Gasteiger partial charge on any atom is 0.267 e. The molecule has 0 aromatic rings. The highest BCUT2D eigenvalue weighted by molar-refractivity contribution is 5.99. The van der Waals surface area contributed by atoms with Crippen molar-refractivity contribution in [1.29, 1.82) is 0 Å². The van der Waals surface area contributed by atoms with Crippen molar-refractivity contribution in [2.45, 2.75) is 19.3 Å². The predicted molar refractivity (Wildman–Crippen MR) is 90.4 cm³/mol. The molecule has 0 aliphatic carbocycles. The molecule has 0 aromatic heterocycles. The van der Waals surface area contributed by atoms with Crippen LogP contribution in [0.2, 0.25) is 0 Å². The minimum absolute atomic E-state index is 0.0767. The lowest BCUT2D eigenvalue weighted by Gasteiger charge is -2.11. The molecule has 0 fully saturated rings. The Morgan fingerprint density at radius 2 is 1.64 bits per heavy atom. The standard InChI is InChI=1S/C16H30N4O2/c1-14(16(22)17-11-9-13-20(4)5)18-15(21)10-7-6-8-12-19(2)3/h7,10H,1,6,8-9,11-13H2,2-5H3,(H,17,22)(H,18,21). The van der Waals surface area contributed by atoms with Gasteiger partial charge in [-0.3, -0.25) is 9.59 Å². The molecule has 0 aromatic carbocycles. The van der Waals surface area contributed by atoms with E-state index in [4.69, 9.17) is 0 Å². The fourth-order valence-corrected chi connectivity index (χ4v) is 1.67. The summed E-state index contributed by atoms with van der Waals surface area (Å²) in [5.41, 5.74) is 0.0767. The highest BCUT2D eigenvalue weighted by Crippen LogP contribution is 1.93. The van der Waals surface area contributed by atoms with Gasteiger partial charge in [0.15, 0.2) is 0 Å². The van der Waals surface area contributed by atoms with Gasteiger partial charge < -0.3 is 20.4 Å². The van der Waals surface area contributed by atoms with E-state index < -0.39 is 0 Å². The van der Waals surface area contributed by atoms with Crippen LogP contribution < -0.4 is 10.6 Å². The van der Waals surface area contributed by atoms with E-state index in [2.05, 4.69) is 22.1 Å². The van der Waals surface area contributed by atoms with Crippen molar-refractivity contribution in [3.63, 3.8) is 0 Å². The monoisotopic (exact) mass is 310 g/mol. The van der Waals surface area contributed by atoms with Gasteiger partial charge in [0.25, 0.3) is 5.91 Å². The van der Waals surface area contributed by atoms with Crippen molar-refractivity contribution in [3.05, 3.63) is 24.4 Å². The molecule has 0 radical (unpaired) electrons. The van der Waals surface area contributed by atoms with Crippen molar-refractivity contribution in [1.82, 2.24) is 20.4 Å². The molecule has 126 valence electrons. The van der Waals surface area contributed by atoms with Gasteiger partial charge >= 0.3 is 0 Å². The van der Waals surface area contributed by atoms with Crippen molar-refractivity contribution in [3.8, 4) is 0 Å². The Balaban J connectivity index is 3.86. The normalized spacial score (nSPS) is 11.2. The maximum absolute atomic E-state index is 11.7. The number of nitrogens with one attached hydrogen (secondary N) is 2. The Bertz CT molecular complexity index is 390. The molecule has 0 heterocycles. The van der Waals surface area contributed by atoms with E-state index in [9.17, 15) is 9.59 Å². The minimum Gasteiger partial charge on any atom is -0.351 e. The predicted octanol–water partition coefficient (Wildman–Crippen LogP) is 0.582. The molecule has 0 bridgehead atoms. The van der Waals surface area contributed by atoms with Crippen molar-refractivity contribution in [2.24, 2.45) is 0 Å². The Morgan fingerprint density at radius 3 is 2.23 bits per heavy atom. The van der Waals surface area contributed by atoms with Gasteiger partial charge in [-0.15, -0.1) is 0 Å². The highest BCUT2D eigenvalue weighted by atomic mass is 16.2. The molecule has 0 spiro atoms. The fraction of sp³-hybridized carbons (Fsp3) is 0.625. The third-order valence-corrected chi connectivity index (χ3v) is 2.86. The van der Waals surface area contributed by atoms with Gasteiger partial charge in [0.05, 0.1) is 5.70 Å². The molecule has 0 saturated carbocycles. The second-order valence-electron chi connectivity index (χ2n) is 5.73. The molecule has 0 atom stereocenters. The number of allylic oxidation sites excluding steroid dienone is 1. The summed E-state index contributed by atoms with van der Waals surface area (Å²) in [7, 11) is 7.98. The van der Waals surface area contributed by atoms with Crippen LogP contribution in [0.1, 0.15) is 19.3 Å². The van der Waals surface area contributed by atoms with Crippen LogP contribution in [0.25, 0.3) is 0 Å². The first kappa shape index (κ1) is 20.3. The number of hydrogen-bond donors (Lipinski definition) is 2. The second-order valence-corrected chi connectivity index (χ2v) is 5.73. The maximum atomic E-state index is 11.7. The molecule has 2 N–H and O–H groups in total. The summed E-state index contributed by atoms with van der Waals surface area (Å²) in [5, 5.41) is 5.20. The number of nitrogens with zero attached hydrogens (tertiary/aromatic N) is 2. The Labute approximate surface area is 134 Å². The van der Waals surface area contributed by atoms with Gasteiger partial charge in [-0.2, -0.15) is 0 Å². The van der Waals surface area contributed by atoms with Gasteiger partial charge in [-0.05, 0) is 66.6 Å². The van der Waals surface area contributed by atoms with Crippen LogP contribution in [0.3, 0.4) is 0 Å². The molecule has 0 aliphatic heterocycles. The summed E-state index contributed by atoms with van der Waals surface area (Å²) >= 11 is 0. The number of hydrogen-bond acceptors (Lipinski definition) is 4. The number of rotatable bonds is 11. The van der Waals surface area contributed by atoms with Gasteiger partial charge in [-0.1, -0.05) is 12.7 Å². The highest BCUT2D eigenvalue weighted by Gasteiger charge is 2.08. The van der Waals surface area contributed by atoms with Gasteiger partial charge in [0, 0.05) is 6.54 Å². The summed E-state index contributed by atoms with van der Waals surface area (Å²) in [6.45, 7) is 6.02. The van der Waals surface area contributed by atoms with E-state index in [0.29, 0.717) is 6.54 Å². The molecule has 0 aliphatic rings. The lowest BCUT2D eigenvalue weighted by atomic mass is 10.2. The summed E-state index contributed by atoms with van der Waals surface area (Å²) in [4.78, 5) is 27.5. The van der Waals surface area contributed by atoms with E-state index in [-0.39, 0.29) is 17.5 Å². The third kappa shape index (κ3) is 12.1. The van der Waals surface area contributed by atoms with Crippen molar-refractivity contribution in [2.75, 3.05) is 47.8 Å². The van der Waals surface area contributed by atoms with Crippen LogP contribution in [-0.4, -0.2) is 69.4 Å². The largest absolute Gasteiger partial charge is 0.351 e. The molecule has 0 saturated heterocycles. The van der Waals surface area contributed by atoms with E-state index >= 15 is 0 Å². The first-order chi connectivity index (χ1) is 10.3. The Hall–Kier alpha value is -1.66. The zero-order chi connectivity index (χ0) is 17.0. The van der Waals surface area contributed by atoms with Gasteiger partial charge in [0.1, 0.15) is 0 Å². The number of carbonyl (C=O) groups excluding carboxylic acids is 2. The molecule has 0 unspecified atom stereocenters. The van der Waals surface area contributed by atoms with Gasteiger partial charge in [0.2, 0.25) is 5.91 Å². The fourth-order valence-electron chi connectivity index (χ4n) is 1.67. The quantitative estimate of drug-likeness (QED) is 0.433. The average Bonchev–Trinajstić information content (AvgIpc) is 2.42. The first-order valence-corrected chi connectivity index (χ1v) is 7.57. The summed E-state index contributed by atoms with van der Waals surface area (Å²) in [5.74, 6) is -0.661. The summed E-state index contributed by atoms with van der Waals surface area (Å²) in [6.07, 6.45) is 5.92. The van der Waals surface area contributed by atoms with E-state index in [1.807, 2.05) is 33.1 Å². The van der Waals surface area contributed by atoms with Crippen LogP contribution in [0.4, 0.5) is 0 Å². The lowest BCUT2D eigenvalue weighted by molar-refractivity contribution is -0.121. The smallest absolute Gasteiger partial charge is 0.267 e. The minimum atomic E-state index is -0.340. The van der Waals surface area contributed by atoms with E-state index in [1.165, 1.54) is 6.08 Å². The molecule has 6 nitrogen and oxygen atoms in total. The Kier molecular flexibility index (Phi) is 11.0. The zero-order valence-electron chi connectivity index (χ0n) is 14.3. The van der Waals surface area contributed by atoms with Crippen molar-refractivity contribution < 1.29 is 9.59 Å². The SMILES string of the molecule is C=C(NC(=O)C=CCCCN(C)C)C(=O)NCCCN(C)C. The molecule has 0 rings (SSSR count). The van der Waals surface area contributed by atoms with Gasteiger partial charge in [-0.25, -0.2) is 0 Å². The van der Waals surface area contributed by atoms with Crippen LogP contribution in [0.15, 0.2) is 24.4 Å². The van der Waals surface area contributed by atoms with Crippen molar-refractivity contribution >= 4 is 11.8 Å². The van der Waals surface area contributed by atoms with Crippen LogP contribution in [0, 0.1) is 0 Å². The van der Waals surface area contributed by atoms with E-state index in [0.717, 1.165) is 32.4 Å². The average molecular weight is 310 g/mol. The molecule has 2 amide bonds. The summed E-state index contributed by atoms with van der Waals surface area (Å²) < 4.78 is 0. The zero-order valence-corrected chi connectivity index (χ0v) is 14.3. The lowest BCUT2D eigenvalue weighted by Crippen LogP contribution is -2.34. The van der Waals surface area contributed by atoms with E-state index in [1.54, 1.807) is 6.08 Å². The number of amides is 2. The summed E-state index contributed by atoms with van der Waals surface area (Å²) in [6, 6.07) is 0. The molecular weight excluding hydrogens is 280 g/mol. The van der Waals surface area contributed by atoms with Crippen LogP contribution >= 0.6 is 0 Å². The number of unbranched alkanes of at least 4 members (excludes halogenated alkanes) is 1. The number of carbonyl (C=O) groups is 2. The second kappa shape index (κ2) is 11.9. The van der Waals surface area contributed by atoms with Crippen LogP contribution in [-0.2, 0) is 9.59 Å². The molecular formula is C16H30N4O2. The Morgan fingerprint density at radius 1 is 1.05 bits per heavy atom. The molecule has 22 heavy (non-hydrogen) atoms. The first-order valence-electron chi connectivity index (χ1n) is 7.57.